The first-order chi connectivity index (χ1) is 9.65. The summed E-state index contributed by atoms with van der Waals surface area (Å²) in [4.78, 5) is 12.1. The first kappa shape index (κ1) is 12.9. The van der Waals surface area contributed by atoms with E-state index in [0.29, 0.717) is 17.1 Å². The van der Waals surface area contributed by atoms with E-state index in [0.717, 1.165) is 10.2 Å². The third kappa shape index (κ3) is 2.34. The average molecular weight is 335 g/mol. The van der Waals surface area contributed by atoms with Gasteiger partial charge in [0, 0.05) is 12.6 Å². The Kier molecular flexibility index (Phi) is 3.31. The summed E-state index contributed by atoms with van der Waals surface area (Å²) in [6.45, 7) is 0.199. The molecule has 0 bridgehead atoms. The van der Waals surface area contributed by atoms with Gasteiger partial charge in [-0.2, -0.15) is 5.10 Å². The first-order valence-corrected chi connectivity index (χ1v) is 6.74. The monoisotopic (exact) mass is 334 g/mol. The lowest BCUT2D eigenvalue weighted by molar-refractivity contribution is 0.104. The molecule has 1 aliphatic rings. The van der Waals surface area contributed by atoms with Crippen LogP contribution in [-0.4, -0.2) is 22.4 Å². The van der Waals surface area contributed by atoms with Crippen LogP contribution in [-0.2, 0) is 7.05 Å². The van der Waals surface area contributed by atoms with E-state index in [-0.39, 0.29) is 12.6 Å². The average Bonchev–Trinajstić information content (AvgIpc) is 3.03. The number of allylic oxidation sites excluding steroid dienone is 1. The standard InChI is InChI=1S/C14H11BrN2O3/c1-17-11(10(15)7-16-17)3-4-12(18)9-2-5-13-14(6-9)20-8-19-13/h2-7H,8H2,1H3/b4-3+. The summed E-state index contributed by atoms with van der Waals surface area (Å²) in [6.07, 6.45) is 4.92. The third-order valence-corrected chi connectivity index (χ3v) is 3.60. The lowest BCUT2D eigenvalue weighted by atomic mass is 10.1. The zero-order valence-corrected chi connectivity index (χ0v) is 12.3. The van der Waals surface area contributed by atoms with Crippen molar-refractivity contribution >= 4 is 27.8 Å². The molecule has 0 saturated heterocycles. The molecule has 1 aromatic carbocycles. The molecule has 0 aliphatic carbocycles. The third-order valence-electron chi connectivity index (χ3n) is 2.99. The summed E-state index contributed by atoms with van der Waals surface area (Å²) >= 11 is 3.38. The van der Waals surface area contributed by atoms with E-state index in [4.69, 9.17) is 9.47 Å². The smallest absolute Gasteiger partial charge is 0.231 e. The number of nitrogens with zero attached hydrogens (tertiary/aromatic N) is 2. The number of carbonyl (C=O) groups excluding carboxylic acids is 1. The van der Waals surface area contributed by atoms with Crippen LogP contribution in [0.25, 0.3) is 6.08 Å². The van der Waals surface area contributed by atoms with Gasteiger partial charge in [0.05, 0.1) is 16.4 Å². The van der Waals surface area contributed by atoms with Crippen molar-refractivity contribution in [1.82, 2.24) is 9.78 Å². The Bertz CT molecular complexity index is 687. The SMILES string of the molecule is Cn1ncc(Br)c1/C=C/C(=O)c1ccc2c(c1)OCO2. The highest BCUT2D eigenvalue weighted by Crippen LogP contribution is 2.32. The summed E-state index contributed by atoms with van der Waals surface area (Å²) in [5, 5.41) is 4.08. The van der Waals surface area contributed by atoms with Crippen LogP contribution in [0.5, 0.6) is 11.5 Å². The molecule has 5 nitrogen and oxygen atoms in total. The van der Waals surface area contributed by atoms with Crippen LogP contribution in [0.2, 0.25) is 0 Å². The molecule has 0 radical (unpaired) electrons. The second kappa shape index (κ2) is 5.13. The van der Waals surface area contributed by atoms with Crippen LogP contribution < -0.4 is 9.47 Å². The molecule has 0 saturated carbocycles. The van der Waals surface area contributed by atoms with Gasteiger partial charge in [0.2, 0.25) is 6.79 Å². The Morgan fingerprint density at radius 2 is 2.20 bits per heavy atom. The lowest BCUT2D eigenvalue weighted by Gasteiger charge is -1.99. The predicted octanol–water partition coefficient (Wildman–Crippen LogP) is 2.81. The number of fused-ring (bicyclic) bond motifs is 1. The lowest BCUT2D eigenvalue weighted by Crippen LogP contribution is -1.96. The highest BCUT2D eigenvalue weighted by molar-refractivity contribution is 9.10. The van der Waals surface area contributed by atoms with E-state index in [9.17, 15) is 4.79 Å². The van der Waals surface area contributed by atoms with Gasteiger partial charge in [-0.15, -0.1) is 0 Å². The number of rotatable bonds is 3. The summed E-state index contributed by atoms with van der Waals surface area (Å²) in [6, 6.07) is 5.15. The predicted molar refractivity (Wildman–Crippen MR) is 76.8 cm³/mol. The van der Waals surface area contributed by atoms with Crippen molar-refractivity contribution < 1.29 is 14.3 Å². The van der Waals surface area contributed by atoms with E-state index >= 15 is 0 Å². The zero-order chi connectivity index (χ0) is 14.1. The van der Waals surface area contributed by atoms with Crippen molar-refractivity contribution in [3.05, 3.63) is 46.2 Å². The molecular formula is C14H11BrN2O3. The van der Waals surface area contributed by atoms with Crippen LogP contribution in [0, 0.1) is 0 Å². The molecule has 0 amide bonds. The second-order valence-electron chi connectivity index (χ2n) is 4.27. The Hall–Kier alpha value is -2.08. The summed E-state index contributed by atoms with van der Waals surface area (Å²) < 4.78 is 13.0. The number of carbonyl (C=O) groups is 1. The van der Waals surface area contributed by atoms with E-state index in [1.54, 1.807) is 35.2 Å². The maximum Gasteiger partial charge on any atom is 0.231 e. The first-order valence-electron chi connectivity index (χ1n) is 5.95. The Morgan fingerprint density at radius 3 is 2.95 bits per heavy atom. The fourth-order valence-electron chi connectivity index (χ4n) is 1.91. The number of aryl methyl sites for hydroxylation is 1. The Morgan fingerprint density at radius 1 is 1.40 bits per heavy atom. The fraction of sp³-hybridized carbons (Fsp3) is 0.143. The second-order valence-corrected chi connectivity index (χ2v) is 5.12. The minimum absolute atomic E-state index is 0.101. The maximum absolute atomic E-state index is 12.1. The van der Waals surface area contributed by atoms with E-state index in [1.807, 2.05) is 7.05 Å². The van der Waals surface area contributed by atoms with Crippen molar-refractivity contribution in [1.29, 1.82) is 0 Å². The number of hydrogen-bond donors (Lipinski definition) is 0. The van der Waals surface area contributed by atoms with Crippen LogP contribution >= 0.6 is 15.9 Å². The molecule has 0 unspecified atom stereocenters. The highest BCUT2D eigenvalue weighted by Gasteiger charge is 2.15. The quantitative estimate of drug-likeness (QED) is 0.639. The number of hydrogen-bond acceptors (Lipinski definition) is 4. The summed E-state index contributed by atoms with van der Waals surface area (Å²) in [7, 11) is 1.81. The number of ether oxygens (including phenoxy) is 2. The molecular weight excluding hydrogens is 324 g/mol. The van der Waals surface area contributed by atoms with Gasteiger partial charge in [0.1, 0.15) is 0 Å². The Labute approximate surface area is 123 Å². The van der Waals surface area contributed by atoms with Gasteiger partial charge in [-0.25, -0.2) is 0 Å². The normalized spacial score (nSPS) is 13.1. The molecule has 20 heavy (non-hydrogen) atoms. The van der Waals surface area contributed by atoms with Gasteiger partial charge < -0.3 is 9.47 Å². The van der Waals surface area contributed by atoms with Crippen LogP contribution in [0.15, 0.2) is 34.9 Å². The minimum Gasteiger partial charge on any atom is -0.454 e. The number of ketones is 1. The van der Waals surface area contributed by atoms with Crippen LogP contribution in [0.3, 0.4) is 0 Å². The molecule has 0 fully saturated rings. The van der Waals surface area contributed by atoms with Crippen molar-refractivity contribution in [2.45, 2.75) is 0 Å². The highest BCUT2D eigenvalue weighted by atomic mass is 79.9. The van der Waals surface area contributed by atoms with Gasteiger partial charge in [-0.1, -0.05) is 0 Å². The van der Waals surface area contributed by atoms with Crippen molar-refractivity contribution in [2.75, 3.05) is 6.79 Å². The van der Waals surface area contributed by atoms with Crippen molar-refractivity contribution in [3.63, 3.8) is 0 Å². The molecule has 1 aromatic heterocycles. The number of aromatic nitrogens is 2. The molecule has 6 heteroatoms. The minimum atomic E-state index is -0.101. The van der Waals surface area contributed by atoms with Crippen molar-refractivity contribution in [3.8, 4) is 11.5 Å². The number of halogens is 1. The summed E-state index contributed by atoms with van der Waals surface area (Å²) in [5.74, 6) is 1.17. The molecule has 3 rings (SSSR count). The van der Waals surface area contributed by atoms with Gasteiger partial charge in [-0.3, -0.25) is 9.48 Å². The summed E-state index contributed by atoms with van der Waals surface area (Å²) in [5.41, 5.74) is 1.39. The van der Waals surface area contributed by atoms with Gasteiger partial charge in [0.25, 0.3) is 0 Å². The number of benzene rings is 1. The Balaban J connectivity index is 1.83. The molecule has 102 valence electrons. The molecule has 0 spiro atoms. The van der Waals surface area contributed by atoms with E-state index in [2.05, 4.69) is 21.0 Å². The topological polar surface area (TPSA) is 53.4 Å². The molecule has 0 atom stereocenters. The van der Waals surface area contributed by atoms with Crippen LogP contribution in [0.1, 0.15) is 16.1 Å². The molecule has 1 aliphatic heterocycles. The molecule has 0 N–H and O–H groups in total. The van der Waals surface area contributed by atoms with Gasteiger partial charge >= 0.3 is 0 Å². The largest absolute Gasteiger partial charge is 0.454 e. The maximum atomic E-state index is 12.1. The van der Waals surface area contributed by atoms with E-state index < -0.39 is 0 Å². The van der Waals surface area contributed by atoms with Gasteiger partial charge in [0.15, 0.2) is 17.3 Å². The zero-order valence-electron chi connectivity index (χ0n) is 10.7. The van der Waals surface area contributed by atoms with Crippen molar-refractivity contribution in [2.24, 2.45) is 7.05 Å². The fourth-order valence-corrected chi connectivity index (χ4v) is 2.39. The van der Waals surface area contributed by atoms with Crippen LogP contribution in [0.4, 0.5) is 0 Å². The molecule has 2 aromatic rings. The van der Waals surface area contributed by atoms with Gasteiger partial charge in [-0.05, 0) is 46.3 Å². The molecule has 2 heterocycles. The van der Waals surface area contributed by atoms with E-state index in [1.165, 1.54) is 6.08 Å².